The molecule has 0 unspecified atom stereocenters. The number of amides is 2. The van der Waals surface area contributed by atoms with Gasteiger partial charge in [-0.3, -0.25) is 9.59 Å². The lowest BCUT2D eigenvalue weighted by Crippen LogP contribution is -2.17. The van der Waals surface area contributed by atoms with Gasteiger partial charge < -0.3 is 20.2 Å². The van der Waals surface area contributed by atoms with Crippen LogP contribution in [0.5, 0.6) is 5.75 Å². The van der Waals surface area contributed by atoms with E-state index in [0.717, 1.165) is 11.8 Å². The third-order valence-corrected chi connectivity index (χ3v) is 4.90. The summed E-state index contributed by atoms with van der Waals surface area (Å²) in [5.74, 6) is 0.0650. The summed E-state index contributed by atoms with van der Waals surface area (Å²) in [6.45, 7) is 0. The first-order chi connectivity index (χ1) is 12.6. The monoisotopic (exact) mass is 390 g/mol. The molecule has 10 heteroatoms. The van der Waals surface area contributed by atoms with Gasteiger partial charge in [0, 0.05) is 0 Å². The summed E-state index contributed by atoms with van der Waals surface area (Å²) in [6.07, 6.45) is 0. The van der Waals surface area contributed by atoms with Crippen molar-refractivity contribution in [1.29, 1.82) is 0 Å². The highest BCUT2D eigenvalue weighted by Gasteiger charge is 2.16. The second-order valence-electron chi connectivity index (χ2n) is 4.94. The van der Waals surface area contributed by atoms with Gasteiger partial charge in [0.05, 0.1) is 24.0 Å². The van der Waals surface area contributed by atoms with Gasteiger partial charge in [0.25, 0.3) is 17.0 Å². The predicted molar refractivity (Wildman–Crippen MR) is 98.5 cm³/mol. The summed E-state index contributed by atoms with van der Waals surface area (Å²) >= 11 is 2.31. The number of anilines is 1. The van der Waals surface area contributed by atoms with Gasteiger partial charge in [-0.1, -0.05) is 23.9 Å². The van der Waals surface area contributed by atoms with Crippen LogP contribution in [0, 0.1) is 0 Å². The maximum atomic E-state index is 12.0. The molecule has 0 bridgehead atoms. The number of ether oxygens (including phenoxy) is 1. The predicted octanol–water partition coefficient (Wildman–Crippen LogP) is 2.64. The zero-order chi connectivity index (χ0) is 18.5. The van der Waals surface area contributed by atoms with Crippen molar-refractivity contribution in [2.24, 2.45) is 5.73 Å². The number of benzene rings is 1. The Morgan fingerprint density at radius 3 is 2.88 bits per heavy atom. The van der Waals surface area contributed by atoms with E-state index in [2.05, 4.69) is 15.5 Å². The number of rotatable bonds is 7. The number of thioether (sulfide) groups is 1. The second kappa shape index (κ2) is 8.02. The van der Waals surface area contributed by atoms with Gasteiger partial charge in [0.2, 0.25) is 5.91 Å². The fourth-order valence-corrected chi connectivity index (χ4v) is 3.46. The number of thiophene rings is 1. The molecular formula is C16H14N4O4S2. The topological polar surface area (TPSA) is 120 Å². The third-order valence-electron chi connectivity index (χ3n) is 3.25. The average molecular weight is 390 g/mol. The van der Waals surface area contributed by atoms with E-state index in [9.17, 15) is 9.59 Å². The van der Waals surface area contributed by atoms with Crippen molar-refractivity contribution < 1.29 is 18.7 Å². The summed E-state index contributed by atoms with van der Waals surface area (Å²) in [5.41, 5.74) is 6.20. The number of nitrogens with zero attached hydrogens (tertiary/aromatic N) is 2. The maximum Gasteiger partial charge on any atom is 0.277 e. The van der Waals surface area contributed by atoms with Crippen LogP contribution in [0.15, 0.2) is 45.4 Å². The zero-order valence-corrected chi connectivity index (χ0v) is 15.2. The summed E-state index contributed by atoms with van der Waals surface area (Å²) in [6, 6.07) is 8.82. The lowest BCUT2D eigenvalue weighted by molar-refractivity contribution is -0.113. The number of nitrogens with two attached hydrogens (primary N) is 1. The molecule has 1 aromatic carbocycles. The molecule has 2 heterocycles. The van der Waals surface area contributed by atoms with E-state index in [4.69, 9.17) is 14.9 Å². The van der Waals surface area contributed by atoms with E-state index in [0.29, 0.717) is 22.2 Å². The Labute approximate surface area is 156 Å². The van der Waals surface area contributed by atoms with Gasteiger partial charge in [0.15, 0.2) is 0 Å². The highest BCUT2D eigenvalue weighted by Crippen LogP contribution is 2.30. The third kappa shape index (κ3) is 4.03. The van der Waals surface area contributed by atoms with E-state index >= 15 is 0 Å². The van der Waals surface area contributed by atoms with Gasteiger partial charge in [-0.15, -0.1) is 21.5 Å². The normalized spacial score (nSPS) is 10.5. The first kappa shape index (κ1) is 18.0. The fourth-order valence-electron chi connectivity index (χ4n) is 2.09. The zero-order valence-electron chi connectivity index (χ0n) is 13.6. The van der Waals surface area contributed by atoms with E-state index in [-0.39, 0.29) is 22.4 Å². The molecule has 0 aliphatic carbocycles. The number of methoxy groups -OCH3 is 1. The Bertz CT molecular complexity index is 938. The van der Waals surface area contributed by atoms with E-state index in [1.807, 2.05) is 12.1 Å². The van der Waals surface area contributed by atoms with Crippen molar-refractivity contribution in [3.63, 3.8) is 0 Å². The van der Waals surface area contributed by atoms with Crippen molar-refractivity contribution in [3.05, 3.63) is 41.3 Å². The van der Waals surface area contributed by atoms with E-state index < -0.39 is 5.91 Å². The van der Waals surface area contributed by atoms with Crippen LogP contribution in [0.25, 0.3) is 11.5 Å². The minimum atomic E-state index is -0.590. The summed E-state index contributed by atoms with van der Waals surface area (Å²) in [5, 5.41) is 12.9. The number of carbonyl (C=O) groups excluding carboxylic acids is 2. The van der Waals surface area contributed by atoms with Crippen molar-refractivity contribution >= 4 is 39.9 Å². The standard InChI is InChI=1S/C16H14N4O4S2/c1-23-11-5-3-2-4-9(11)14-19-20-16(24-14)26-8-12(21)18-15-10(13(17)22)6-7-25-15/h2-7H,8H2,1H3,(H2,17,22)(H,18,21). The number of hydrogen-bond donors (Lipinski definition) is 2. The van der Waals surface area contributed by atoms with Crippen LogP contribution in [0.2, 0.25) is 0 Å². The molecule has 26 heavy (non-hydrogen) atoms. The Hall–Kier alpha value is -2.85. The number of primary amides is 1. The highest BCUT2D eigenvalue weighted by molar-refractivity contribution is 7.99. The maximum absolute atomic E-state index is 12.0. The molecule has 3 aromatic rings. The molecule has 0 aliphatic heterocycles. The molecule has 2 amide bonds. The Balaban J connectivity index is 1.62. The SMILES string of the molecule is COc1ccccc1-c1nnc(SCC(=O)Nc2sccc2C(N)=O)o1. The van der Waals surface area contributed by atoms with Gasteiger partial charge in [-0.05, 0) is 23.6 Å². The second-order valence-corrected chi connectivity index (χ2v) is 6.78. The number of para-hydroxylation sites is 1. The van der Waals surface area contributed by atoms with Crippen molar-refractivity contribution in [2.45, 2.75) is 5.22 Å². The first-order valence-corrected chi connectivity index (χ1v) is 9.22. The number of aromatic nitrogens is 2. The Morgan fingerprint density at radius 2 is 2.12 bits per heavy atom. The molecule has 0 spiro atoms. The smallest absolute Gasteiger partial charge is 0.277 e. The largest absolute Gasteiger partial charge is 0.496 e. The molecule has 0 aliphatic rings. The van der Waals surface area contributed by atoms with Crippen molar-refractivity contribution in [3.8, 4) is 17.2 Å². The van der Waals surface area contributed by atoms with Crippen LogP contribution >= 0.6 is 23.1 Å². The molecule has 8 nitrogen and oxygen atoms in total. The molecule has 0 fully saturated rings. The molecule has 3 rings (SSSR count). The summed E-state index contributed by atoms with van der Waals surface area (Å²) in [4.78, 5) is 23.3. The van der Waals surface area contributed by atoms with Crippen LogP contribution in [0.4, 0.5) is 5.00 Å². The number of hydrogen-bond acceptors (Lipinski definition) is 8. The molecule has 0 radical (unpaired) electrons. The minimum Gasteiger partial charge on any atom is -0.496 e. The minimum absolute atomic E-state index is 0.0453. The lowest BCUT2D eigenvalue weighted by Gasteiger charge is -2.03. The first-order valence-electron chi connectivity index (χ1n) is 7.35. The lowest BCUT2D eigenvalue weighted by atomic mass is 10.2. The molecule has 0 saturated heterocycles. The Kier molecular flexibility index (Phi) is 5.54. The fraction of sp³-hybridized carbons (Fsp3) is 0.125. The van der Waals surface area contributed by atoms with Gasteiger partial charge in [0.1, 0.15) is 10.8 Å². The van der Waals surface area contributed by atoms with Crippen LogP contribution in [0.3, 0.4) is 0 Å². The number of nitrogens with one attached hydrogen (secondary N) is 1. The highest BCUT2D eigenvalue weighted by atomic mass is 32.2. The van der Waals surface area contributed by atoms with Crippen LogP contribution in [-0.4, -0.2) is 34.9 Å². The molecule has 134 valence electrons. The van der Waals surface area contributed by atoms with E-state index in [1.54, 1.807) is 30.7 Å². The van der Waals surface area contributed by atoms with Gasteiger partial charge in [-0.25, -0.2) is 0 Å². The molecule has 3 N–H and O–H groups in total. The van der Waals surface area contributed by atoms with Crippen LogP contribution in [0.1, 0.15) is 10.4 Å². The van der Waals surface area contributed by atoms with E-state index in [1.165, 1.54) is 11.3 Å². The Morgan fingerprint density at radius 1 is 1.31 bits per heavy atom. The molecule has 0 saturated carbocycles. The van der Waals surface area contributed by atoms with Crippen molar-refractivity contribution in [1.82, 2.24) is 10.2 Å². The van der Waals surface area contributed by atoms with Crippen LogP contribution in [-0.2, 0) is 4.79 Å². The molecular weight excluding hydrogens is 376 g/mol. The molecule has 2 aromatic heterocycles. The summed E-state index contributed by atoms with van der Waals surface area (Å²) < 4.78 is 10.8. The number of carbonyl (C=O) groups is 2. The van der Waals surface area contributed by atoms with Gasteiger partial charge in [-0.2, -0.15) is 0 Å². The van der Waals surface area contributed by atoms with Gasteiger partial charge >= 0.3 is 0 Å². The molecule has 0 atom stereocenters. The summed E-state index contributed by atoms with van der Waals surface area (Å²) in [7, 11) is 1.56. The van der Waals surface area contributed by atoms with Crippen molar-refractivity contribution in [2.75, 3.05) is 18.2 Å². The quantitative estimate of drug-likeness (QED) is 0.595. The average Bonchev–Trinajstić information content (AvgIpc) is 3.29. The van der Waals surface area contributed by atoms with Crippen LogP contribution < -0.4 is 15.8 Å².